The van der Waals surface area contributed by atoms with Gasteiger partial charge in [0.1, 0.15) is 11.8 Å². The van der Waals surface area contributed by atoms with Crippen molar-refractivity contribution in [3.8, 4) is 5.75 Å². The second-order valence-corrected chi connectivity index (χ2v) is 7.97. The highest BCUT2D eigenvalue weighted by Crippen LogP contribution is 2.29. The highest BCUT2D eigenvalue weighted by Gasteiger charge is 2.32. The third kappa shape index (κ3) is 7.62. The number of anilines is 1. The average molecular weight is 493 g/mol. The standard InChI is InChI=1S/C24H26F3N3O5/c1-34-23(33)20(15-28-21(31)16-6-3-2-4-7-16)29-22(32)17-10-12-30(13-11-17)18-8-5-9-19(14-18)35-24(25,26)27/h2-9,14,17,20H,10-13,15H2,1H3,(H,28,31)(H,29,32)/t20-/m0/s1. The van der Waals surface area contributed by atoms with E-state index in [0.717, 1.165) is 0 Å². The van der Waals surface area contributed by atoms with Gasteiger partial charge in [0, 0.05) is 42.9 Å². The number of nitrogens with one attached hydrogen (secondary N) is 2. The molecule has 0 radical (unpaired) electrons. The van der Waals surface area contributed by atoms with E-state index in [4.69, 9.17) is 4.74 Å². The van der Waals surface area contributed by atoms with E-state index in [9.17, 15) is 27.6 Å². The highest BCUT2D eigenvalue weighted by atomic mass is 19.4. The number of nitrogens with zero attached hydrogens (tertiary/aromatic N) is 1. The third-order valence-electron chi connectivity index (χ3n) is 5.59. The third-order valence-corrected chi connectivity index (χ3v) is 5.59. The molecule has 1 fully saturated rings. The molecule has 11 heteroatoms. The summed E-state index contributed by atoms with van der Waals surface area (Å²) < 4.78 is 46.2. The maximum atomic E-state index is 12.8. The topological polar surface area (TPSA) is 97.0 Å². The Bertz CT molecular complexity index is 1020. The van der Waals surface area contributed by atoms with Crippen LogP contribution in [0.15, 0.2) is 54.6 Å². The Hall–Kier alpha value is -3.76. The first-order chi connectivity index (χ1) is 16.7. The van der Waals surface area contributed by atoms with E-state index >= 15 is 0 Å². The van der Waals surface area contributed by atoms with Crippen molar-refractivity contribution in [2.75, 3.05) is 31.6 Å². The summed E-state index contributed by atoms with van der Waals surface area (Å²) in [7, 11) is 1.19. The van der Waals surface area contributed by atoms with Gasteiger partial charge in [-0.3, -0.25) is 9.59 Å². The zero-order chi connectivity index (χ0) is 25.4. The molecule has 1 aliphatic rings. The highest BCUT2D eigenvalue weighted by molar-refractivity contribution is 5.94. The fourth-order valence-electron chi connectivity index (χ4n) is 3.79. The first-order valence-corrected chi connectivity index (χ1v) is 11.0. The number of ether oxygens (including phenoxy) is 2. The summed E-state index contributed by atoms with van der Waals surface area (Å²) in [5.41, 5.74) is 0.973. The number of alkyl halides is 3. The molecule has 0 aromatic heterocycles. The molecular formula is C24H26F3N3O5. The molecule has 0 spiro atoms. The number of carbonyl (C=O) groups is 3. The predicted molar refractivity (Wildman–Crippen MR) is 121 cm³/mol. The zero-order valence-corrected chi connectivity index (χ0v) is 19.0. The number of benzene rings is 2. The van der Waals surface area contributed by atoms with E-state index in [1.54, 1.807) is 36.4 Å². The van der Waals surface area contributed by atoms with Crippen LogP contribution in [0.1, 0.15) is 23.2 Å². The van der Waals surface area contributed by atoms with E-state index in [1.807, 2.05) is 4.90 Å². The molecule has 2 aromatic rings. The molecule has 1 saturated heterocycles. The predicted octanol–water partition coefficient (Wildman–Crippen LogP) is 2.89. The lowest BCUT2D eigenvalue weighted by Crippen LogP contribution is -2.51. The van der Waals surface area contributed by atoms with Crippen LogP contribution in [0.4, 0.5) is 18.9 Å². The maximum Gasteiger partial charge on any atom is 0.573 e. The van der Waals surface area contributed by atoms with Crippen LogP contribution in [0.5, 0.6) is 5.75 Å². The second-order valence-electron chi connectivity index (χ2n) is 7.97. The molecular weight excluding hydrogens is 467 g/mol. The van der Waals surface area contributed by atoms with Crippen molar-refractivity contribution >= 4 is 23.5 Å². The van der Waals surface area contributed by atoms with Gasteiger partial charge < -0.3 is 25.0 Å². The normalized spacial score (nSPS) is 15.1. The van der Waals surface area contributed by atoms with Crippen molar-refractivity contribution in [1.29, 1.82) is 0 Å². The van der Waals surface area contributed by atoms with Crippen LogP contribution in [0, 0.1) is 5.92 Å². The van der Waals surface area contributed by atoms with Crippen LogP contribution in [0.2, 0.25) is 0 Å². The molecule has 0 bridgehead atoms. The SMILES string of the molecule is COC(=O)[C@H](CNC(=O)c1ccccc1)NC(=O)C1CCN(c2cccc(OC(F)(F)F)c2)CC1. The Balaban J connectivity index is 1.54. The van der Waals surface area contributed by atoms with Crippen LogP contribution >= 0.6 is 0 Å². The van der Waals surface area contributed by atoms with Crippen LogP contribution in [0.25, 0.3) is 0 Å². The Morgan fingerprint density at radius 1 is 1.06 bits per heavy atom. The fourth-order valence-corrected chi connectivity index (χ4v) is 3.79. The van der Waals surface area contributed by atoms with Crippen LogP contribution in [-0.4, -0.2) is 56.9 Å². The summed E-state index contributed by atoms with van der Waals surface area (Å²) in [5.74, 6) is -2.15. The number of piperidine rings is 1. The fraction of sp³-hybridized carbons (Fsp3) is 0.375. The number of hydrogen-bond donors (Lipinski definition) is 2. The number of amides is 2. The first kappa shape index (κ1) is 25.9. The lowest BCUT2D eigenvalue weighted by Gasteiger charge is -2.33. The lowest BCUT2D eigenvalue weighted by atomic mass is 9.95. The maximum absolute atomic E-state index is 12.8. The van der Waals surface area contributed by atoms with Crippen molar-refractivity contribution in [2.45, 2.75) is 25.2 Å². The van der Waals surface area contributed by atoms with Gasteiger partial charge in [0.05, 0.1) is 7.11 Å². The van der Waals surface area contributed by atoms with Crippen molar-refractivity contribution in [1.82, 2.24) is 10.6 Å². The van der Waals surface area contributed by atoms with E-state index < -0.39 is 30.2 Å². The molecule has 35 heavy (non-hydrogen) atoms. The Kier molecular flexibility index (Phi) is 8.56. The van der Waals surface area contributed by atoms with Gasteiger partial charge in [-0.2, -0.15) is 0 Å². The largest absolute Gasteiger partial charge is 0.573 e. The summed E-state index contributed by atoms with van der Waals surface area (Å²) in [5, 5.41) is 5.26. The molecule has 0 aliphatic carbocycles. The summed E-state index contributed by atoms with van der Waals surface area (Å²) in [4.78, 5) is 39.1. The molecule has 2 aromatic carbocycles. The number of rotatable bonds is 8. The van der Waals surface area contributed by atoms with Gasteiger partial charge in [-0.15, -0.1) is 13.2 Å². The summed E-state index contributed by atoms with van der Waals surface area (Å²) in [6.45, 7) is 0.722. The number of carbonyl (C=O) groups excluding carboxylic acids is 3. The average Bonchev–Trinajstić information content (AvgIpc) is 2.85. The van der Waals surface area contributed by atoms with Crippen molar-refractivity contribution in [3.05, 3.63) is 60.2 Å². The zero-order valence-electron chi connectivity index (χ0n) is 19.0. The van der Waals surface area contributed by atoms with Crippen LogP contribution in [-0.2, 0) is 14.3 Å². The van der Waals surface area contributed by atoms with Gasteiger partial charge in [-0.05, 0) is 37.1 Å². The monoisotopic (exact) mass is 493 g/mol. The van der Waals surface area contributed by atoms with Crippen molar-refractivity contribution in [3.63, 3.8) is 0 Å². The summed E-state index contributed by atoms with van der Waals surface area (Å²) in [6.07, 6.45) is -3.92. The molecule has 8 nitrogen and oxygen atoms in total. The smallest absolute Gasteiger partial charge is 0.467 e. The van der Waals surface area contributed by atoms with Crippen molar-refractivity contribution in [2.24, 2.45) is 5.92 Å². The number of esters is 1. The Labute approximate surface area is 200 Å². The summed E-state index contributed by atoms with van der Waals surface area (Å²) >= 11 is 0. The molecule has 1 heterocycles. The van der Waals surface area contributed by atoms with Crippen LogP contribution < -0.4 is 20.3 Å². The molecule has 1 aliphatic heterocycles. The molecule has 2 amide bonds. The number of hydrogen-bond acceptors (Lipinski definition) is 6. The van der Waals surface area contributed by atoms with Crippen molar-refractivity contribution < 1.29 is 37.0 Å². The molecule has 2 N–H and O–H groups in total. The lowest BCUT2D eigenvalue weighted by molar-refractivity contribution is -0.274. The number of halogens is 3. The number of methoxy groups -OCH3 is 1. The molecule has 0 saturated carbocycles. The minimum atomic E-state index is -4.78. The Morgan fingerprint density at radius 3 is 2.37 bits per heavy atom. The second kappa shape index (κ2) is 11.6. The van der Waals surface area contributed by atoms with E-state index in [0.29, 0.717) is 37.2 Å². The Morgan fingerprint density at radius 2 is 1.74 bits per heavy atom. The molecule has 1 atom stereocenters. The van der Waals surface area contributed by atoms with Gasteiger partial charge in [0.15, 0.2) is 0 Å². The van der Waals surface area contributed by atoms with E-state index in [2.05, 4.69) is 15.4 Å². The van der Waals surface area contributed by atoms with Crippen LogP contribution in [0.3, 0.4) is 0 Å². The van der Waals surface area contributed by atoms with Gasteiger partial charge in [-0.1, -0.05) is 24.3 Å². The van der Waals surface area contributed by atoms with Gasteiger partial charge in [0.2, 0.25) is 5.91 Å². The molecule has 0 unspecified atom stereocenters. The van der Waals surface area contributed by atoms with Gasteiger partial charge >= 0.3 is 12.3 Å². The molecule has 3 rings (SSSR count). The van der Waals surface area contributed by atoms with Gasteiger partial charge in [0.25, 0.3) is 5.91 Å². The first-order valence-electron chi connectivity index (χ1n) is 11.0. The van der Waals surface area contributed by atoms with E-state index in [-0.39, 0.29) is 18.2 Å². The quantitative estimate of drug-likeness (QED) is 0.549. The van der Waals surface area contributed by atoms with E-state index in [1.165, 1.54) is 25.3 Å². The van der Waals surface area contributed by atoms with Gasteiger partial charge in [-0.25, -0.2) is 4.79 Å². The minimum Gasteiger partial charge on any atom is -0.467 e. The minimum absolute atomic E-state index is 0.142. The molecule has 188 valence electrons. The summed E-state index contributed by atoms with van der Waals surface area (Å²) in [6, 6.07) is 13.0.